The van der Waals surface area contributed by atoms with Crippen LogP contribution in [-0.4, -0.2) is 35.6 Å². The van der Waals surface area contributed by atoms with E-state index in [-0.39, 0.29) is 11.0 Å². The van der Waals surface area contributed by atoms with Gasteiger partial charge in [0.15, 0.2) is 5.78 Å². The summed E-state index contributed by atoms with van der Waals surface area (Å²) >= 11 is 1.35. The SMILES string of the molecule is Cc1cc(C)n2nc(S[C@@H](C)C(=O)c3c[nH]c4ccccc34)nc2n1. The highest BCUT2D eigenvalue weighted by atomic mass is 32.2. The lowest BCUT2D eigenvalue weighted by Gasteiger charge is -2.06. The topological polar surface area (TPSA) is 75.9 Å². The van der Waals surface area contributed by atoms with E-state index in [4.69, 9.17) is 0 Å². The van der Waals surface area contributed by atoms with E-state index in [1.54, 1.807) is 10.7 Å². The number of Topliss-reactive ketones (excluding diaryl/α,β-unsaturated/α-hetero) is 1. The maximum Gasteiger partial charge on any atom is 0.253 e. The smallest absolute Gasteiger partial charge is 0.253 e. The summed E-state index contributed by atoms with van der Waals surface area (Å²) in [6.45, 7) is 5.77. The maximum atomic E-state index is 12.8. The van der Waals surface area contributed by atoms with E-state index in [9.17, 15) is 4.79 Å². The van der Waals surface area contributed by atoms with Crippen LogP contribution in [-0.2, 0) is 0 Å². The molecular formula is C18H17N5OS. The third-order valence-corrected chi connectivity index (χ3v) is 5.06. The van der Waals surface area contributed by atoms with Gasteiger partial charge >= 0.3 is 0 Å². The van der Waals surface area contributed by atoms with Crippen LogP contribution in [0.25, 0.3) is 16.7 Å². The van der Waals surface area contributed by atoms with Gasteiger partial charge in [0.1, 0.15) is 0 Å². The number of para-hydroxylation sites is 1. The van der Waals surface area contributed by atoms with Gasteiger partial charge in [0.2, 0.25) is 5.16 Å². The number of ketones is 1. The molecule has 0 saturated carbocycles. The second kappa shape index (κ2) is 6.00. The Labute approximate surface area is 148 Å². The normalized spacial score (nSPS) is 12.8. The van der Waals surface area contributed by atoms with Gasteiger partial charge in [0.25, 0.3) is 5.78 Å². The molecular weight excluding hydrogens is 334 g/mol. The summed E-state index contributed by atoms with van der Waals surface area (Å²) in [5.41, 5.74) is 3.53. The summed E-state index contributed by atoms with van der Waals surface area (Å²) in [6.07, 6.45) is 1.77. The zero-order valence-corrected chi connectivity index (χ0v) is 15.0. The van der Waals surface area contributed by atoms with Crippen LogP contribution in [0.1, 0.15) is 28.7 Å². The first-order valence-corrected chi connectivity index (χ1v) is 8.89. The lowest BCUT2D eigenvalue weighted by molar-refractivity contribution is 0.0995. The van der Waals surface area contributed by atoms with Crippen LogP contribution in [0.5, 0.6) is 0 Å². The predicted molar refractivity (Wildman–Crippen MR) is 98.2 cm³/mol. The minimum Gasteiger partial charge on any atom is -0.360 e. The van der Waals surface area contributed by atoms with Gasteiger partial charge in [-0.25, -0.2) is 9.50 Å². The average molecular weight is 351 g/mol. The van der Waals surface area contributed by atoms with E-state index in [0.717, 1.165) is 22.3 Å². The number of nitrogens with zero attached hydrogens (tertiary/aromatic N) is 4. The van der Waals surface area contributed by atoms with Crippen molar-refractivity contribution in [2.75, 3.05) is 0 Å². The number of hydrogen-bond donors (Lipinski definition) is 1. The van der Waals surface area contributed by atoms with Crippen LogP contribution < -0.4 is 0 Å². The molecule has 0 unspecified atom stereocenters. The zero-order valence-electron chi connectivity index (χ0n) is 14.1. The summed E-state index contributed by atoms with van der Waals surface area (Å²) in [4.78, 5) is 24.8. The molecule has 3 aromatic heterocycles. The third kappa shape index (κ3) is 2.80. The summed E-state index contributed by atoms with van der Waals surface area (Å²) < 4.78 is 1.71. The van der Waals surface area contributed by atoms with Gasteiger partial charge in [-0.1, -0.05) is 30.0 Å². The number of fused-ring (bicyclic) bond motifs is 2. The highest BCUT2D eigenvalue weighted by molar-refractivity contribution is 8.00. The Balaban J connectivity index is 1.62. The van der Waals surface area contributed by atoms with Crippen LogP contribution in [0.2, 0.25) is 0 Å². The summed E-state index contributed by atoms with van der Waals surface area (Å²) in [6, 6.07) is 9.76. The molecule has 126 valence electrons. The first-order chi connectivity index (χ1) is 12.0. The van der Waals surface area contributed by atoms with Crippen LogP contribution in [0.15, 0.2) is 41.7 Å². The number of carbonyl (C=O) groups is 1. The fourth-order valence-electron chi connectivity index (χ4n) is 2.90. The number of rotatable bonds is 4. The van der Waals surface area contributed by atoms with Gasteiger partial charge in [-0.3, -0.25) is 4.79 Å². The van der Waals surface area contributed by atoms with Gasteiger partial charge in [0.05, 0.1) is 5.25 Å². The summed E-state index contributed by atoms with van der Waals surface area (Å²) in [7, 11) is 0. The first-order valence-electron chi connectivity index (χ1n) is 8.01. The van der Waals surface area contributed by atoms with Crippen molar-refractivity contribution in [2.45, 2.75) is 31.2 Å². The molecule has 0 spiro atoms. The Morgan fingerprint density at radius 3 is 2.88 bits per heavy atom. The molecule has 1 aromatic carbocycles. The predicted octanol–water partition coefficient (Wildman–Crippen LogP) is 3.59. The number of benzene rings is 1. The Kier molecular flexibility index (Phi) is 3.80. The van der Waals surface area contributed by atoms with E-state index in [2.05, 4.69) is 20.1 Å². The van der Waals surface area contributed by atoms with Gasteiger partial charge in [0, 0.05) is 34.1 Å². The number of thioether (sulfide) groups is 1. The highest BCUT2D eigenvalue weighted by Crippen LogP contribution is 2.26. The molecule has 25 heavy (non-hydrogen) atoms. The van der Waals surface area contributed by atoms with Gasteiger partial charge < -0.3 is 4.98 Å². The van der Waals surface area contributed by atoms with Crippen LogP contribution >= 0.6 is 11.8 Å². The molecule has 0 fully saturated rings. The summed E-state index contributed by atoms with van der Waals surface area (Å²) in [5.74, 6) is 0.619. The molecule has 7 heteroatoms. The number of aromatic nitrogens is 5. The highest BCUT2D eigenvalue weighted by Gasteiger charge is 2.22. The number of nitrogens with one attached hydrogen (secondary N) is 1. The number of hydrogen-bond acceptors (Lipinski definition) is 5. The molecule has 4 rings (SSSR count). The van der Waals surface area contributed by atoms with Crippen LogP contribution in [0.4, 0.5) is 0 Å². The molecule has 4 aromatic rings. The number of carbonyl (C=O) groups excluding carboxylic acids is 1. The van der Waals surface area contributed by atoms with Crippen molar-refractivity contribution in [3.05, 3.63) is 53.5 Å². The van der Waals surface area contributed by atoms with Crippen molar-refractivity contribution in [3.63, 3.8) is 0 Å². The van der Waals surface area contributed by atoms with Gasteiger partial charge in [-0.05, 0) is 32.9 Å². The van der Waals surface area contributed by atoms with Crippen molar-refractivity contribution in [2.24, 2.45) is 0 Å². The van der Waals surface area contributed by atoms with E-state index in [1.807, 2.05) is 51.1 Å². The number of H-pyrrole nitrogens is 1. The maximum absolute atomic E-state index is 12.8. The lowest BCUT2D eigenvalue weighted by atomic mass is 10.1. The van der Waals surface area contributed by atoms with Crippen molar-refractivity contribution >= 4 is 34.2 Å². The second-order valence-electron chi connectivity index (χ2n) is 6.02. The van der Waals surface area contributed by atoms with E-state index >= 15 is 0 Å². The van der Waals surface area contributed by atoms with E-state index in [1.165, 1.54) is 11.8 Å². The lowest BCUT2D eigenvalue weighted by Crippen LogP contribution is -2.13. The van der Waals surface area contributed by atoms with Crippen molar-refractivity contribution < 1.29 is 4.79 Å². The molecule has 0 aliphatic rings. The largest absolute Gasteiger partial charge is 0.360 e. The molecule has 0 saturated heterocycles. The quantitative estimate of drug-likeness (QED) is 0.449. The standard InChI is InChI=1S/C18H17N5OS/c1-10-8-11(2)23-17(20-10)21-18(22-23)25-12(3)16(24)14-9-19-15-7-5-4-6-13(14)15/h4-9,12,19H,1-3H3/t12-/m0/s1. The molecule has 3 heterocycles. The minimum atomic E-state index is -0.293. The molecule has 0 aliphatic heterocycles. The molecule has 6 nitrogen and oxygen atoms in total. The Bertz CT molecular complexity index is 1100. The molecule has 0 amide bonds. The van der Waals surface area contributed by atoms with Crippen molar-refractivity contribution in [1.82, 2.24) is 24.6 Å². The molecule has 0 aliphatic carbocycles. The molecule has 0 radical (unpaired) electrons. The average Bonchev–Trinajstić information content (AvgIpc) is 3.18. The summed E-state index contributed by atoms with van der Waals surface area (Å²) in [5, 5.41) is 5.67. The Morgan fingerprint density at radius 2 is 2.04 bits per heavy atom. The van der Waals surface area contributed by atoms with Crippen LogP contribution in [0.3, 0.4) is 0 Å². The van der Waals surface area contributed by atoms with E-state index < -0.39 is 0 Å². The fraction of sp³-hybridized carbons (Fsp3) is 0.222. The third-order valence-electron chi connectivity index (χ3n) is 4.10. The fourth-order valence-corrected chi connectivity index (χ4v) is 3.72. The monoisotopic (exact) mass is 351 g/mol. The number of aromatic amines is 1. The Morgan fingerprint density at radius 1 is 1.24 bits per heavy atom. The van der Waals surface area contributed by atoms with Crippen molar-refractivity contribution in [3.8, 4) is 0 Å². The Hall–Kier alpha value is -2.67. The van der Waals surface area contributed by atoms with Gasteiger partial charge in [-0.15, -0.1) is 5.10 Å². The minimum absolute atomic E-state index is 0.0576. The molecule has 1 N–H and O–H groups in total. The second-order valence-corrected chi connectivity index (χ2v) is 7.33. The van der Waals surface area contributed by atoms with Crippen LogP contribution in [0, 0.1) is 13.8 Å². The first kappa shape index (κ1) is 15.8. The number of aryl methyl sites for hydroxylation is 2. The molecule has 1 atom stereocenters. The van der Waals surface area contributed by atoms with Gasteiger partial charge in [-0.2, -0.15) is 4.98 Å². The van der Waals surface area contributed by atoms with E-state index in [0.29, 0.717) is 16.5 Å². The zero-order chi connectivity index (χ0) is 17.6. The molecule has 0 bridgehead atoms. The van der Waals surface area contributed by atoms with Crippen molar-refractivity contribution in [1.29, 1.82) is 0 Å².